The van der Waals surface area contributed by atoms with Crippen molar-refractivity contribution >= 4 is 28.9 Å². The van der Waals surface area contributed by atoms with Crippen LogP contribution in [0.1, 0.15) is 12.5 Å². The summed E-state index contributed by atoms with van der Waals surface area (Å²) < 4.78 is 0. The molecule has 0 bridgehead atoms. The molecule has 19 heavy (non-hydrogen) atoms. The van der Waals surface area contributed by atoms with Gasteiger partial charge in [0.25, 0.3) is 0 Å². The molecule has 1 aromatic heterocycles. The molecule has 5 heteroatoms. The minimum absolute atomic E-state index is 0.0576. The standard InChI is InChI=1S/C14H15ClN4/c1-2-19(10-6-4-3-5-7-10)14-12(15)11(13(16)17)8-9-18-14/h3-9H,2H2,1H3,(H3,16,17). The highest BCUT2D eigenvalue weighted by atomic mass is 35.5. The van der Waals surface area contributed by atoms with E-state index in [1.807, 2.05) is 42.2 Å². The van der Waals surface area contributed by atoms with Gasteiger partial charge in [-0.2, -0.15) is 0 Å². The average molecular weight is 275 g/mol. The maximum atomic E-state index is 7.52. The van der Waals surface area contributed by atoms with Crippen LogP contribution in [0.4, 0.5) is 11.5 Å². The van der Waals surface area contributed by atoms with Crippen molar-refractivity contribution < 1.29 is 0 Å². The third kappa shape index (κ3) is 2.69. The molecule has 0 atom stereocenters. The molecule has 0 radical (unpaired) electrons. The molecule has 0 amide bonds. The van der Waals surface area contributed by atoms with Crippen LogP contribution in [-0.2, 0) is 0 Å². The highest BCUT2D eigenvalue weighted by Gasteiger charge is 2.16. The Hall–Kier alpha value is -2.07. The molecule has 98 valence electrons. The monoisotopic (exact) mass is 274 g/mol. The molecular weight excluding hydrogens is 260 g/mol. The van der Waals surface area contributed by atoms with Crippen LogP contribution < -0.4 is 10.6 Å². The number of aromatic nitrogens is 1. The van der Waals surface area contributed by atoms with Gasteiger partial charge in [0.1, 0.15) is 5.84 Å². The lowest BCUT2D eigenvalue weighted by Gasteiger charge is -2.23. The van der Waals surface area contributed by atoms with Crippen molar-refractivity contribution in [2.24, 2.45) is 5.73 Å². The Morgan fingerprint density at radius 3 is 2.58 bits per heavy atom. The summed E-state index contributed by atoms with van der Waals surface area (Å²) in [5, 5.41) is 7.93. The normalized spacial score (nSPS) is 10.2. The van der Waals surface area contributed by atoms with Crippen LogP contribution in [0.25, 0.3) is 0 Å². The average Bonchev–Trinajstić information content (AvgIpc) is 2.42. The topological polar surface area (TPSA) is 66.0 Å². The fourth-order valence-corrected chi connectivity index (χ4v) is 2.21. The minimum Gasteiger partial charge on any atom is -0.384 e. The van der Waals surface area contributed by atoms with E-state index >= 15 is 0 Å². The van der Waals surface area contributed by atoms with Crippen molar-refractivity contribution in [3.8, 4) is 0 Å². The van der Waals surface area contributed by atoms with E-state index in [9.17, 15) is 0 Å². The van der Waals surface area contributed by atoms with Crippen LogP contribution in [0.5, 0.6) is 0 Å². The van der Waals surface area contributed by atoms with E-state index in [1.165, 1.54) is 0 Å². The Morgan fingerprint density at radius 2 is 2.00 bits per heavy atom. The van der Waals surface area contributed by atoms with Crippen LogP contribution >= 0.6 is 11.6 Å². The maximum Gasteiger partial charge on any atom is 0.152 e. The van der Waals surface area contributed by atoms with Gasteiger partial charge in [-0.15, -0.1) is 0 Å². The van der Waals surface area contributed by atoms with Gasteiger partial charge in [-0.1, -0.05) is 29.8 Å². The van der Waals surface area contributed by atoms with Gasteiger partial charge in [-0.25, -0.2) is 4.98 Å². The molecule has 0 unspecified atom stereocenters. The van der Waals surface area contributed by atoms with Gasteiger partial charge in [0.05, 0.1) is 5.02 Å². The molecule has 0 aliphatic heterocycles. The van der Waals surface area contributed by atoms with Gasteiger partial charge < -0.3 is 10.6 Å². The second-order valence-electron chi connectivity index (χ2n) is 3.99. The van der Waals surface area contributed by atoms with E-state index in [2.05, 4.69) is 4.98 Å². The van der Waals surface area contributed by atoms with E-state index < -0.39 is 0 Å². The summed E-state index contributed by atoms with van der Waals surface area (Å²) in [5.41, 5.74) is 7.02. The summed E-state index contributed by atoms with van der Waals surface area (Å²) in [6.07, 6.45) is 1.61. The van der Waals surface area contributed by atoms with Crippen molar-refractivity contribution in [2.75, 3.05) is 11.4 Å². The molecule has 3 N–H and O–H groups in total. The number of halogens is 1. The number of benzene rings is 1. The first-order valence-electron chi connectivity index (χ1n) is 5.96. The Balaban J connectivity index is 2.51. The fraction of sp³-hybridized carbons (Fsp3) is 0.143. The van der Waals surface area contributed by atoms with Crippen molar-refractivity contribution in [2.45, 2.75) is 6.92 Å². The van der Waals surface area contributed by atoms with Crippen LogP contribution in [0, 0.1) is 5.41 Å². The largest absolute Gasteiger partial charge is 0.384 e. The second kappa shape index (κ2) is 5.71. The number of rotatable bonds is 4. The summed E-state index contributed by atoms with van der Waals surface area (Å²) in [4.78, 5) is 6.29. The second-order valence-corrected chi connectivity index (χ2v) is 4.37. The molecule has 0 aliphatic rings. The third-order valence-corrected chi connectivity index (χ3v) is 3.17. The first kappa shape index (κ1) is 13.4. The van der Waals surface area contributed by atoms with Gasteiger partial charge >= 0.3 is 0 Å². The van der Waals surface area contributed by atoms with E-state index in [1.54, 1.807) is 12.3 Å². The number of hydrogen-bond donors (Lipinski definition) is 2. The zero-order chi connectivity index (χ0) is 13.8. The molecule has 0 fully saturated rings. The zero-order valence-electron chi connectivity index (χ0n) is 10.6. The summed E-state index contributed by atoms with van der Waals surface area (Å²) in [5.74, 6) is 0.556. The molecule has 1 heterocycles. The van der Waals surface area contributed by atoms with Crippen molar-refractivity contribution in [1.29, 1.82) is 5.41 Å². The van der Waals surface area contributed by atoms with Crippen molar-refractivity contribution in [3.05, 3.63) is 53.2 Å². The number of nitrogens with zero attached hydrogens (tertiary/aromatic N) is 2. The smallest absolute Gasteiger partial charge is 0.152 e. The Morgan fingerprint density at radius 1 is 1.32 bits per heavy atom. The lowest BCUT2D eigenvalue weighted by Crippen LogP contribution is -2.20. The van der Waals surface area contributed by atoms with Gasteiger partial charge in [-0.05, 0) is 25.1 Å². The van der Waals surface area contributed by atoms with E-state index in [4.69, 9.17) is 22.7 Å². The number of hydrogen-bond acceptors (Lipinski definition) is 3. The van der Waals surface area contributed by atoms with E-state index in [0.717, 1.165) is 12.2 Å². The van der Waals surface area contributed by atoms with Gasteiger partial charge in [-0.3, -0.25) is 5.41 Å². The predicted octanol–water partition coefficient (Wildman–Crippen LogP) is 3.18. The third-order valence-electron chi connectivity index (χ3n) is 2.80. The van der Waals surface area contributed by atoms with Crippen LogP contribution in [-0.4, -0.2) is 17.4 Å². The summed E-state index contributed by atoms with van der Waals surface area (Å²) in [7, 11) is 0. The summed E-state index contributed by atoms with van der Waals surface area (Å²) in [6, 6.07) is 11.5. The Bertz CT molecular complexity index is 583. The minimum atomic E-state index is -0.0576. The number of anilines is 2. The highest BCUT2D eigenvalue weighted by molar-refractivity contribution is 6.36. The fourth-order valence-electron chi connectivity index (χ4n) is 1.89. The Labute approximate surface area is 117 Å². The van der Waals surface area contributed by atoms with Gasteiger partial charge in [0.15, 0.2) is 5.82 Å². The van der Waals surface area contributed by atoms with Crippen LogP contribution in [0.2, 0.25) is 5.02 Å². The lowest BCUT2D eigenvalue weighted by molar-refractivity contribution is 0.989. The number of nitrogen functional groups attached to an aromatic ring is 1. The highest BCUT2D eigenvalue weighted by Crippen LogP contribution is 2.31. The van der Waals surface area contributed by atoms with Crippen molar-refractivity contribution in [1.82, 2.24) is 4.98 Å². The quantitative estimate of drug-likeness (QED) is 0.665. The number of para-hydroxylation sites is 1. The Kier molecular flexibility index (Phi) is 4.02. The maximum absolute atomic E-state index is 7.52. The summed E-state index contributed by atoms with van der Waals surface area (Å²) >= 11 is 6.30. The molecule has 0 aliphatic carbocycles. The first-order valence-corrected chi connectivity index (χ1v) is 6.34. The number of nitrogens with two attached hydrogens (primary N) is 1. The summed E-state index contributed by atoms with van der Waals surface area (Å²) in [6.45, 7) is 2.74. The predicted molar refractivity (Wildman–Crippen MR) is 79.4 cm³/mol. The molecule has 2 aromatic rings. The van der Waals surface area contributed by atoms with E-state index in [-0.39, 0.29) is 5.84 Å². The molecule has 2 rings (SSSR count). The molecule has 0 saturated carbocycles. The molecule has 4 nitrogen and oxygen atoms in total. The van der Waals surface area contributed by atoms with Crippen LogP contribution in [0.3, 0.4) is 0 Å². The first-order chi connectivity index (χ1) is 9.15. The van der Waals surface area contributed by atoms with E-state index in [0.29, 0.717) is 16.4 Å². The SMILES string of the molecule is CCN(c1ccccc1)c1nccc(C(=N)N)c1Cl. The molecule has 0 saturated heterocycles. The zero-order valence-corrected chi connectivity index (χ0v) is 11.4. The van der Waals surface area contributed by atoms with Gasteiger partial charge in [0.2, 0.25) is 0 Å². The van der Waals surface area contributed by atoms with Crippen LogP contribution in [0.15, 0.2) is 42.6 Å². The number of pyridine rings is 1. The number of nitrogens with one attached hydrogen (secondary N) is 1. The number of amidine groups is 1. The molecule has 1 aromatic carbocycles. The molecule has 0 spiro atoms. The molecular formula is C14H15ClN4. The van der Waals surface area contributed by atoms with Crippen molar-refractivity contribution in [3.63, 3.8) is 0 Å². The lowest BCUT2D eigenvalue weighted by atomic mass is 10.2. The van der Waals surface area contributed by atoms with Gasteiger partial charge in [0, 0.05) is 24.0 Å².